The molecule has 0 radical (unpaired) electrons. The number of hydrogen-bond acceptors (Lipinski definition) is 5. The Hall–Kier alpha value is -1.95. The molecule has 0 unspecified atom stereocenters. The summed E-state index contributed by atoms with van der Waals surface area (Å²) in [4.78, 5) is 16.2. The van der Waals surface area contributed by atoms with Crippen LogP contribution in [0, 0.1) is 0 Å². The summed E-state index contributed by atoms with van der Waals surface area (Å²) in [5, 5.41) is 6.90. The summed E-state index contributed by atoms with van der Waals surface area (Å²) in [6, 6.07) is -0.536. The number of carbonyl (C=O) groups excluding carboxylic acids is 1. The van der Waals surface area contributed by atoms with E-state index in [2.05, 4.69) is 20.1 Å². The van der Waals surface area contributed by atoms with Gasteiger partial charge >= 0.3 is 5.97 Å². The quantitative estimate of drug-likeness (QED) is 0.322. The molecule has 0 aromatic rings. The number of hydrogen-bond donors (Lipinski definition) is 0. The topological polar surface area (TPSA) is 133 Å². The van der Waals surface area contributed by atoms with Crippen LogP contribution in [0.1, 0.15) is 19.8 Å². The van der Waals surface area contributed by atoms with Crippen LogP contribution < -0.4 is 0 Å². The van der Waals surface area contributed by atoms with Crippen molar-refractivity contribution in [3.8, 4) is 0 Å². The number of carbonyl (C=O) groups is 1. The number of nitrogens with zero attached hydrogens (tertiary/aromatic N) is 6. The lowest BCUT2D eigenvalue weighted by molar-refractivity contribution is -0.204. The number of rotatable bonds is 4. The van der Waals surface area contributed by atoms with Crippen LogP contribution in [0.5, 0.6) is 0 Å². The second kappa shape index (κ2) is 6.59. The van der Waals surface area contributed by atoms with E-state index in [0.29, 0.717) is 12.8 Å². The Morgan fingerprint density at radius 2 is 2.24 bits per heavy atom. The molecule has 1 saturated heterocycles. The van der Waals surface area contributed by atoms with Crippen molar-refractivity contribution in [3.63, 3.8) is 0 Å². The Kier molecular flexibility index (Phi) is 5.09. The zero-order valence-corrected chi connectivity index (χ0v) is 9.26. The van der Waals surface area contributed by atoms with Crippen molar-refractivity contribution in [2.45, 2.75) is 38.2 Å². The van der Waals surface area contributed by atoms with Crippen molar-refractivity contribution in [1.29, 1.82) is 0 Å². The van der Waals surface area contributed by atoms with E-state index < -0.39 is 18.3 Å². The first-order chi connectivity index (χ1) is 8.17. The van der Waals surface area contributed by atoms with Crippen molar-refractivity contribution in [1.82, 2.24) is 0 Å². The van der Waals surface area contributed by atoms with E-state index in [1.807, 2.05) is 0 Å². The monoisotopic (exact) mass is 240 g/mol. The molecule has 0 aromatic carbocycles. The fourth-order valence-electron chi connectivity index (χ4n) is 1.55. The molecule has 1 rings (SSSR count). The molecule has 9 nitrogen and oxygen atoms in total. The Balaban J connectivity index is 2.64. The first kappa shape index (κ1) is 13.1. The highest BCUT2D eigenvalue weighted by Gasteiger charge is 2.32. The molecule has 0 spiro atoms. The number of azide groups is 2. The van der Waals surface area contributed by atoms with Gasteiger partial charge in [0.25, 0.3) is 0 Å². The molecule has 0 saturated carbocycles. The van der Waals surface area contributed by atoms with E-state index >= 15 is 0 Å². The van der Waals surface area contributed by atoms with E-state index in [1.165, 1.54) is 6.92 Å². The van der Waals surface area contributed by atoms with Crippen molar-refractivity contribution < 1.29 is 14.3 Å². The first-order valence-corrected chi connectivity index (χ1v) is 5.05. The van der Waals surface area contributed by atoms with E-state index in [1.54, 1.807) is 0 Å². The molecule has 0 bridgehead atoms. The summed E-state index contributed by atoms with van der Waals surface area (Å²) in [6.45, 7) is 1.41. The van der Waals surface area contributed by atoms with Gasteiger partial charge in [0.15, 0.2) is 0 Å². The molecule has 0 aromatic heterocycles. The van der Waals surface area contributed by atoms with Crippen LogP contribution in [0.3, 0.4) is 0 Å². The SMILES string of the molecule is CC(=O)O[C@@H]1O[C@@H](CN=[N+]=[N-])CC[C@H]1N=[N+]=[N-]. The van der Waals surface area contributed by atoms with Gasteiger partial charge in [-0.2, -0.15) is 0 Å². The van der Waals surface area contributed by atoms with E-state index in [0.717, 1.165) is 0 Å². The molecule has 1 fully saturated rings. The standard InChI is InChI=1S/C8H12N6O3/c1-5(15)16-8-7(12-14-10)3-2-6(17-8)4-11-13-9/h6-8H,2-4H2,1H3/t6-,7-,8-/m1/s1. The average Bonchev–Trinajstić information content (AvgIpc) is 2.29. The molecule has 9 heteroatoms. The largest absolute Gasteiger partial charge is 0.435 e. The second-order valence-corrected chi connectivity index (χ2v) is 3.50. The summed E-state index contributed by atoms with van der Waals surface area (Å²) < 4.78 is 10.3. The van der Waals surface area contributed by atoms with Crippen molar-refractivity contribution in [2.75, 3.05) is 6.54 Å². The minimum Gasteiger partial charge on any atom is -0.435 e. The average molecular weight is 240 g/mol. The van der Waals surface area contributed by atoms with E-state index in [9.17, 15) is 4.79 Å². The van der Waals surface area contributed by atoms with Crippen LogP contribution >= 0.6 is 0 Å². The van der Waals surface area contributed by atoms with Gasteiger partial charge in [0.1, 0.15) is 0 Å². The lowest BCUT2D eigenvalue weighted by Gasteiger charge is -2.32. The molecule has 17 heavy (non-hydrogen) atoms. The van der Waals surface area contributed by atoms with Crippen LogP contribution in [0.2, 0.25) is 0 Å². The molecule has 0 amide bonds. The molecule has 0 aliphatic carbocycles. The summed E-state index contributed by atoms with van der Waals surface area (Å²) in [5.41, 5.74) is 16.6. The summed E-state index contributed by atoms with van der Waals surface area (Å²) in [5.74, 6) is -0.516. The van der Waals surface area contributed by atoms with Gasteiger partial charge < -0.3 is 9.47 Å². The maximum absolute atomic E-state index is 10.9. The van der Waals surface area contributed by atoms with Crippen molar-refractivity contribution in [3.05, 3.63) is 20.9 Å². The smallest absolute Gasteiger partial charge is 0.304 e. The zero-order chi connectivity index (χ0) is 12.7. The maximum atomic E-state index is 10.9. The molecular weight excluding hydrogens is 228 g/mol. The molecular formula is C8H12N6O3. The van der Waals surface area contributed by atoms with Gasteiger partial charge in [0.2, 0.25) is 6.29 Å². The second-order valence-electron chi connectivity index (χ2n) is 3.50. The van der Waals surface area contributed by atoms with Crippen LogP contribution in [0.25, 0.3) is 20.9 Å². The van der Waals surface area contributed by atoms with Gasteiger partial charge in [-0.3, -0.25) is 4.79 Å². The lowest BCUT2D eigenvalue weighted by Crippen LogP contribution is -2.41. The third-order valence-corrected chi connectivity index (χ3v) is 2.26. The molecule has 1 aliphatic heterocycles. The third kappa shape index (κ3) is 4.20. The summed E-state index contributed by atoms with van der Waals surface area (Å²) in [6.07, 6.45) is -0.120. The number of ether oxygens (including phenoxy) is 2. The van der Waals surface area contributed by atoms with Crippen LogP contribution in [-0.2, 0) is 14.3 Å². The fraction of sp³-hybridized carbons (Fsp3) is 0.875. The highest BCUT2D eigenvalue weighted by atomic mass is 16.7. The van der Waals surface area contributed by atoms with Gasteiger partial charge in [-0.15, -0.1) is 0 Å². The van der Waals surface area contributed by atoms with Gasteiger partial charge in [-0.1, -0.05) is 10.2 Å². The van der Waals surface area contributed by atoms with Gasteiger partial charge in [0, 0.05) is 16.7 Å². The molecule has 92 valence electrons. The molecule has 3 atom stereocenters. The first-order valence-electron chi connectivity index (χ1n) is 5.05. The summed E-state index contributed by atoms with van der Waals surface area (Å²) in [7, 11) is 0. The van der Waals surface area contributed by atoms with E-state index in [4.69, 9.17) is 20.5 Å². The molecule has 1 aliphatic rings. The Labute approximate surface area is 96.9 Å². The minimum absolute atomic E-state index is 0.164. The Bertz CT molecular complexity index is 373. The van der Waals surface area contributed by atoms with Crippen molar-refractivity contribution in [2.24, 2.45) is 10.2 Å². The van der Waals surface area contributed by atoms with Gasteiger partial charge in [-0.25, -0.2) is 0 Å². The number of esters is 1. The van der Waals surface area contributed by atoms with Gasteiger partial charge in [-0.05, 0) is 23.9 Å². The normalized spacial score (nSPS) is 27.5. The third-order valence-electron chi connectivity index (χ3n) is 2.26. The zero-order valence-electron chi connectivity index (χ0n) is 9.26. The highest BCUT2D eigenvalue weighted by Crippen LogP contribution is 2.23. The molecule has 0 N–H and O–H groups in total. The predicted octanol–water partition coefficient (Wildman–Crippen LogP) is 2.04. The summed E-state index contributed by atoms with van der Waals surface area (Å²) >= 11 is 0. The van der Waals surface area contributed by atoms with Crippen molar-refractivity contribution >= 4 is 5.97 Å². The molecule has 1 heterocycles. The minimum atomic E-state index is -0.906. The predicted molar refractivity (Wildman–Crippen MR) is 56.6 cm³/mol. The van der Waals surface area contributed by atoms with Crippen LogP contribution in [0.4, 0.5) is 0 Å². The lowest BCUT2D eigenvalue weighted by atomic mass is 10.0. The Morgan fingerprint density at radius 1 is 1.47 bits per heavy atom. The maximum Gasteiger partial charge on any atom is 0.304 e. The highest BCUT2D eigenvalue weighted by molar-refractivity contribution is 5.66. The Morgan fingerprint density at radius 3 is 2.82 bits per heavy atom. The van der Waals surface area contributed by atoms with Crippen LogP contribution in [-0.4, -0.2) is 30.9 Å². The fourth-order valence-corrected chi connectivity index (χ4v) is 1.55. The van der Waals surface area contributed by atoms with Gasteiger partial charge in [0.05, 0.1) is 18.7 Å². The van der Waals surface area contributed by atoms with Crippen LogP contribution in [0.15, 0.2) is 10.2 Å². The van der Waals surface area contributed by atoms with E-state index in [-0.39, 0.29) is 12.6 Å².